The zero-order chi connectivity index (χ0) is 15.0. The van der Waals surface area contributed by atoms with Crippen LogP contribution in [0.5, 0.6) is 0 Å². The molecule has 1 aromatic rings. The van der Waals surface area contributed by atoms with Crippen molar-refractivity contribution in [3.05, 3.63) is 29.6 Å². The maximum Gasteiger partial charge on any atom is 0.254 e. The highest BCUT2D eigenvalue weighted by Crippen LogP contribution is 2.26. The van der Waals surface area contributed by atoms with Crippen molar-refractivity contribution in [2.45, 2.75) is 25.3 Å². The number of halogens is 1. The van der Waals surface area contributed by atoms with Gasteiger partial charge in [0, 0.05) is 36.8 Å². The minimum atomic E-state index is -0.502. The van der Waals surface area contributed by atoms with Crippen LogP contribution in [0.15, 0.2) is 18.2 Å². The number of rotatable bonds is 1. The molecule has 3 rings (SSSR count). The van der Waals surface area contributed by atoms with E-state index in [0.717, 1.165) is 12.8 Å². The van der Waals surface area contributed by atoms with Crippen molar-refractivity contribution in [1.29, 1.82) is 0 Å². The first kappa shape index (κ1) is 13.9. The summed E-state index contributed by atoms with van der Waals surface area (Å²) in [4.78, 5) is 25.6. The Morgan fingerprint density at radius 3 is 2.90 bits per heavy atom. The predicted octanol–water partition coefficient (Wildman–Crippen LogP) is 1.15. The normalized spacial score (nSPS) is 25.2. The van der Waals surface area contributed by atoms with Gasteiger partial charge in [0.05, 0.1) is 0 Å². The second kappa shape index (κ2) is 5.35. The molecule has 6 heteroatoms. The SMILES string of the molecule is Nc1cc(F)cc(C(=O)N2CCC3NC(=O)CCC3C2)c1. The Morgan fingerprint density at radius 1 is 1.33 bits per heavy atom. The van der Waals surface area contributed by atoms with E-state index in [1.807, 2.05) is 0 Å². The number of nitrogens with two attached hydrogens (primary N) is 1. The third-order valence-electron chi connectivity index (χ3n) is 4.28. The average molecular weight is 291 g/mol. The van der Waals surface area contributed by atoms with E-state index >= 15 is 0 Å². The third-order valence-corrected chi connectivity index (χ3v) is 4.28. The highest BCUT2D eigenvalue weighted by Gasteiger charge is 2.35. The van der Waals surface area contributed by atoms with Gasteiger partial charge in [0.2, 0.25) is 5.91 Å². The van der Waals surface area contributed by atoms with E-state index in [4.69, 9.17) is 5.73 Å². The molecule has 0 aliphatic carbocycles. The number of anilines is 1. The van der Waals surface area contributed by atoms with Crippen LogP contribution in [-0.2, 0) is 4.79 Å². The Hall–Kier alpha value is -2.11. The molecule has 0 radical (unpaired) electrons. The predicted molar refractivity (Wildman–Crippen MR) is 76.0 cm³/mol. The number of nitrogens with zero attached hydrogens (tertiary/aromatic N) is 1. The average Bonchev–Trinajstić information content (AvgIpc) is 2.45. The maximum absolute atomic E-state index is 13.4. The molecule has 2 fully saturated rings. The Kier molecular flexibility index (Phi) is 3.53. The van der Waals surface area contributed by atoms with Crippen LogP contribution < -0.4 is 11.1 Å². The molecule has 2 heterocycles. The maximum atomic E-state index is 13.4. The van der Waals surface area contributed by atoms with Gasteiger partial charge in [-0.05, 0) is 37.0 Å². The minimum absolute atomic E-state index is 0.0916. The molecule has 0 spiro atoms. The number of piperidine rings is 2. The second-order valence-corrected chi connectivity index (χ2v) is 5.79. The Balaban J connectivity index is 1.73. The van der Waals surface area contributed by atoms with Crippen LogP contribution in [0.3, 0.4) is 0 Å². The van der Waals surface area contributed by atoms with E-state index in [2.05, 4.69) is 5.32 Å². The first-order chi connectivity index (χ1) is 10.0. The standard InChI is InChI=1S/C15H18FN3O2/c16-11-5-10(6-12(17)7-11)15(21)19-4-3-13-9(8-19)1-2-14(20)18-13/h5-7,9,13H,1-4,8,17H2,(H,18,20). The number of carbonyl (C=O) groups excluding carboxylic acids is 2. The van der Waals surface area contributed by atoms with E-state index in [-0.39, 0.29) is 35.0 Å². The highest BCUT2D eigenvalue weighted by molar-refractivity contribution is 5.95. The van der Waals surface area contributed by atoms with Crippen molar-refractivity contribution in [2.24, 2.45) is 5.92 Å². The summed E-state index contributed by atoms with van der Waals surface area (Å²) in [5, 5.41) is 2.98. The molecule has 2 atom stereocenters. The first-order valence-electron chi connectivity index (χ1n) is 7.17. The van der Waals surface area contributed by atoms with E-state index in [1.54, 1.807) is 4.90 Å². The van der Waals surface area contributed by atoms with Gasteiger partial charge >= 0.3 is 0 Å². The van der Waals surface area contributed by atoms with Crippen LogP contribution in [0.2, 0.25) is 0 Å². The lowest BCUT2D eigenvalue weighted by Crippen LogP contribution is -2.55. The fraction of sp³-hybridized carbons (Fsp3) is 0.467. The van der Waals surface area contributed by atoms with Crippen molar-refractivity contribution in [1.82, 2.24) is 10.2 Å². The third kappa shape index (κ3) is 2.84. The second-order valence-electron chi connectivity index (χ2n) is 5.79. The molecule has 0 saturated carbocycles. The molecule has 2 aliphatic heterocycles. The van der Waals surface area contributed by atoms with Crippen molar-refractivity contribution in [3.63, 3.8) is 0 Å². The summed E-state index contributed by atoms with van der Waals surface area (Å²) in [6.07, 6.45) is 2.05. The van der Waals surface area contributed by atoms with Crippen LogP contribution in [0.25, 0.3) is 0 Å². The summed E-state index contributed by atoms with van der Waals surface area (Å²) in [6.45, 7) is 1.16. The van der Waals surface area contributed by atoms with Gasteiger partial charge in [0.1, 0.15) is 5.82 Å². The summed E-state index contributed by atoms with van der Waals surface area (Å²) < 4.78 is 13.4. The summed E-state index contributed by atoms with van der Waals surface area (Å²) in [5.74, 6) is -0.324. The van der Waals surface area contributed by atoms with Gasteiger partial charge in [-0.15, -0.1) is 0 Å². The molecular formula is C15H18FN3O2. The lowest BCUT2D eigenvalue weighted by atomic mass is 9.85. The number of amides is 2. The first-order valence-corrected chi connectivity index (χ1v) is 7.17. The topological polar surface area (TPSA) is 75.4 Å². The molecule has 112 valence electrons. The Bertz CT molecular complexity index is 570. The summed E-state index contributed by atoms with van der Waals surface area (Å²) in [6, 6.07) is 4.07. The number of hydrogen-bond acceptors (Lipinski definition) is 3. The number of nitrogen functional groups attached to an aromatic ring is 1. The molecular weight excluding hydrogens is 273 g/mol. The Labute approximate surface area is 122 Å². The fourth-order valence-electron chi connectivity index (χ4n) is 3.21. The van der Waals surface area contributed by atoms with Crippen molar-refractivity contribution < 1.29 is 14.0 Å². The summed E-state index contributed by atoms with van der Waals surface area (Å²) >= 11 is 0. The van der Waals surface area contributed by atoms with E-state index in [0.29, 0.717) is 19.5 Å². The van der Waals surface area contributed by atoms with E-state index in [1.165, 1.54) is 18.2 Å². The number of hydrogen-bond donors (Lipinski definition) is 2. The molecule has 1 aromatic carbocycles. The van der Waals surface area contributed by atoms with Crippen LogP contribution in [0, 0.1) is 11.7 Å². The van der Waals surface area contributed by atoms with Crippen LogP contribution in [-0.4, -0.2) is 35.8 Å². The van der Waals surface area contributed by atoms with E-state index in [9.17, 15) is 14.0 Å². The fourth-order valence-corrected chi connectivity index (χ4v) is 3.21. The van der Waals surface area contributed by atoms with Gasteiger partial charge in [0.25, 0.3) is 5.91 Å². The molecule has 5 nitrogen and oxygen atoms in total. The lowest BCUT2D eigenvalue weighted by Gasteiger charge is -2.41. The van der Waals surface area contributed by atoms with Crippen LogP contribution >= 0.6 is 0 Å². The Morgan fingerprint density at radius 2 is 2.14 bits per heavy atom. The molecule has 0 aromatic heterocycles. The number of carbonyl (C=O) groups is 2. The van der Waals surface area contributed by atoms with Gasteiger partial charge in [-0.2, -0.15) is 0 Å². The molecule has 3 N–H and O–H groups in total. The monoisotopic (exact) mass is 291 g/mol. The molecule has 2 saturated heterocycles. The smallest absolute Gasteiger partial charge is 0.254 e. The molecule has 2 unspecified atom stereocenters. The molecule has 2 aliphatic rings. The molecule has 21 heavy (non-hydrogen) atoms. The van der Waals surface area contributed by atoms with Crippen molar-refractivity contribution in [3.8, 4) is 0 Å². The number of fused-ring (bicyclic) bond motifs is 1. The zero-order valence-corrected chi connectivity index (χ0v) is 11.6. The zero-order valence-electron chi connectivity index (χ0n) is 11.6. The van der Waals surface area contributed by atoms with Gasteiger partial charge in [-0.1, -0.05) is 0 Å². The van der Waals surface area contributed by atoms with Gasteiger partial charge in [-0.3, -0.25) is 9.59 Å². The largest absolute Gasteiger partial charge is 0.399 e. The van der Waals surface area contributed by atoms with Gasteiger partial charge in [-0.25, -0.2) is 4.39 Å². The van der Waals surface area contributed by atoms with E-state index < -0.39 is 5.82 Å². The quantitative estimate of drug-likeness (QED) is 0.762. The number of likely N-dealkylation sites (tertiary alicyclic amines) is 1. The van der Waals surface area contributed by atoms with Crippen molar-refractivity contribution >= 4 is 17.5 Å². The number of nitrogens with one attached hydrogen (secondary N) is 1. The van der Waals surface area contributed by atoms with Crippen molar-refractivity contribution in [2.75, 3.05) is 18.8 Å². The minimum Gasteiger partial charge on any atom is -0.399 e. The van der Waals surface area contributed by atoms with Gasteiger partial charge in [0.15, 0.2) is 0 Å². The van der Waals surface area contributed by atoms with Crippen LogP contribution in [0.4, 0.5) is 10.1 Å². The molecule has 2 amide bonds. The van der Waals surface area contributed by atoms with Gasteiger partial charge < -0.3 is 16.0 Å². The molecule has 0 bridgehead atoms. The van der Waals surface area contributed by atoms with Crippen LogP contribution in [0.1, 0.15) is 29.6 Å². The highest BCUT2D eigenvalue weighted by atomic mass is 19.1. The summed E-state index contributed by atoms with van der Waals surface area (Å²) in [5.41, 5.74) is 6.12. The summed E-state index contributed by atoms with van der Waals surface area (Å²) in [7, 11) is 0. The number of benzene rings is 1. The lowest BCUT2D eigenvalue weighted by molar-refractivity contribution is -0.125.